The minimum atomic E-state index is -0.769. The van der Waals surface area contributed by atoms with Crippen LogP contribution >= 0.6 is 0 Å². The highest BCUT2D eigenvalue weighted by Gasteiger charge is 2.19. The maximum Gasteiger partial charge on any atom is 0.349 e. The average molecular weight is 480 g/mol. The van der Waals surface area contributed by atoms with Gasteiger partial charge in [0.1, 0.15) is 22.6 Å². The van der Waals surface area contributed by atoms with Crippen molar-refractivity contribution in [3.8, 4) is 11.5 Å². The van der Waals surface area contributed by atoms with E-state index in [4.69, 9.17) is 18.6 Å². The van der Waals surface area contributed by atoms with Gasteiger partial charge in [0.05, 0.1) is 6.10 Å². The van der Waals surface area contributed by atoms with E-state index in [1.165, 1.54) is 12.1 Å². The Balaban J connectivity index is 1.41. The van der Waals surface area contributed by atoms with Crippen molar-refractivity contribution in [3.05, 3.63) is 69.6 Å². The van der Waals surface area contributed by atoms with Crippen molar-refractivity contribution in [1.29, 1.82) is 0 Å². The molecule has 2 heterocycles. The number of nitrogens with one attached hydrogen (secondary N) is 1. The lowest BCUT2D eigenvalue weighted by Crippen LogP contribution is -2.34. The molecule has 184 valence electrons. The number of hydrogen-bond acceptors (Lipinski definition) is 7. The van der Waals surface area contributed by atoms with Gasteiger partial charge in [0.2, 0.25) is 0 Å². The Hall–Kier alpha value is -3.65. The first-order chi connectivity index (χ1) is 16.8. The molecule has 1 unspecified atom stereocenters. The summed E-state index contributed by atoms with van der Waals surface area (Å²) in [7, 11) is 0. The number of fused-ring (bicyclic) bond motifs is 1. The standard InChI is InChI=1S/C27H29NO7/c1-16(2)21-9-6-17(3)11-24(21)33-15-25(29)34-19-8-7-18-12-22(27(31)35-23(18)13-19)26(30)28-14-20-5-4-10-32-20/h6-9,11-13,16,20H,4-5,10,14-15H2,1-3H3,(H,28,30). The van der Waals surface area contributed by atoms with Crippen molar-refractivity contribution in [2.75, 3.05) is 19.8 Å². The SMILES string of the molecule is Cc1ccc(C(C)C)c(OCC(=O)Oc2ccc3cc(C(=O)NCC4CCCO4)c(=O)oc3c2)c1. The second kappa shape index (κ2) is 10.7. The molecule has 1 aromatic heterocycles. The van der Waals surface area contributed by atoms with Gasteiger partial charge in [-0.15, -0.1) is 0 Å². The molecule has 4 rings (SSSR count). The lowest BCUT2D eigenvalue weighted by Gasteiger charge is -2.14. The van der Waals surface area contributed by atoms with Crippen molar-refractivity contribution < 1.29 is 28.2 Å². The van der Waals surface area contributed by atoms with E-state index < -0.39 is 17.5 Å². The van der Waals surface area contributed by atoms with Crippen molar-refractivity contribution in [2.45, 2.75) is 45.6 Å². The lowest BCUT2D eigenvalue weighted by molar-refractivity contribution is -0.136. The van der Waals surface area contributed by atoms with Gasteiger partial charge in [0.15, 0.2) is 6.61 Å². The lowest BCUT2D eigenvalue weighted by atomic mass is 10.0. The number of amides is 1. The first kappa shape index (κ1) is 24.5. The number of hydrogen-bond donors (Lipinski definition) is 1. The smallest absolute Gasteiger partial charge is 0.349 e. The number of carbonyl (C=O) groups is 2. The van der Waals surface area contributed by atoms with E-state index in [1.54, 1.807) is 12.1 Å². The molecule has 35 heavy (non-hydrogen) atoms. The summed E-state index contributed by atoms with van der Waals surface area (Å²) in [6.07, 6.45) is 1.81. The van der Waals surface area contributed by atoms with Crippen LogP contribution in [-0.4, -0.2) is 37.7 Å². The number of ether oxygens (including phenoxy) is 3. The third kappa shape index (κ3) is 6.08. The van der Waals surface area contributed by atoms with Crippen LogP contribution in [0.15, 0.2) is 51.7 Å². The zero-order chi connectivity index (χ0) is 24.9. The first-order valence-electron chi connectivity index (χ1n) is 11.7. The van der Waals surface area contributed by atoms with Crippen molar-refractivity contribution in [2.24, 2.45) is 0 Å². The van der Waals surface area contributed by atoms with Gasteiger partial charge in [-0.1, -0.05) is 26.0 Å². The Morgan fingerprint density at radius 2 is 1.97 bits per heavy atom. The normalized spacial score (nSPS) is 15.4. The van der Waals surface area contributed by atoms with Crippen LogP contribution in [0.2, 0.25) is 0 Å². The van der Waals surface area contributed by atoms with Crippen LogP contribution < -0.4 is 20.4 Å². The summed E-state index contributed by atoms with van der Waals surface area (Å²) < 4.78 is 21.9. The second-order valence-electron chi connectivity index (χ2n) is 8.95. The topological polar surface area (TPSA) is 104 Å². The highest BCUT2D eigenvalue weighted by molar-refractivity contribution is 5.96. The summed E-state index contributed by atoms with van der Waals surface area (Å²) in [5.41, 5.74) is 1.38. The average Bonchev–Trinajstić information content (AvgIpc) is 3.34. The molecule has 1 aliphatic heterocycles. The fourth-order valence-electron chi connectivity index (χ4n) is 3.96. The third-order valence-corrected chi connectivity index (χ3v) is 5.83. The number of esters is 1. The van der Waals surface area contributed by atoms with E-state index in [2.05, 4.69) is 19.2 Å². The molecular weight excluding hydrogens is 450 g/mol. The molecule has 1 aliphatic rings. The number of aryl methyl sites for hydroxylation is 1. The predicted molar refractivity (Wildman–Crippen MR) is 130 cm³/mol. The van der Waals surface area contributed by atoms with Gasteiger partial charge in [-0.25, -0.2) is 9.59 Å². The van der Waals surface area contributed by atoms with Crippen LogP contribution in [0.5, 0.6) is 11.5 Å². The predicted octanol–water partition coefficient (Wildman–Crippen LogP) is 4.12. The van der Waals surface area contributed by atoms with Gasteiger partial charge in [-0.05, 0) is 61.1 Å². The molecule has 2 aromatic carbocycles. The Bertz CT molecular complexity index is 1290. The van der Waals surface area contributed by atoms with Gasteiger partial charge in [-0.3, -0.25) is 4.79 Å². The monoisotopic (exact) mass is 479 g/mol. The first-order valence-corrected chi connectivity index (χ1v) is 11.7. The molecule has 1 amide bonds. The minimum absolute atomic E-state index is 0.0319. The van der Waals surface area contributed by atoms with Gasteiger partial charge >= 0.3 is 11.6 Å². The van der Waals surface area contributed by atoms with Crippen molar-refractivity contribution in [1.82, 2.24) is 5.32 Å². The molecule has 0 saturated carbocycles. The van der Waals surface area contributed by atoms with E-state index in [-0.39, 0.29) is 35.5 Å². The number of carbonyl (C=O) groups excluding carboxylic acids is 2. The summed E-state index contributed by atoms with van der Waals surface area (Å²) in [5.74, 6) is -0.00769. The quantitative estimate of drug-likeness (QED) is 0.294. The Morgan fingerprint density at radius 1 is 1.14 bits per heavy atom. The summed E-state index contributed by atoms with van der Waals surface area (Å²) in [6, 6.07) is 12.0. The molecule has 0 aliphatic carbocycles. The molecular formula is C27H29NO7. The molecule has 0 spiro atoms. The zero-order valence-electron chi connectivity index (χ0n) is 20.1. The number of benzene rings is 2. The molecule has 1 N–H and O–H groups in total. The third-order valence-electron chi connectivity index (χ3n) is 5.83. The summed E-state index contributed by atoms with van der Waals surface area (Å²) in [6.45, 7) is 6.82. The van der Waals surface area contributed by atoms with Crippen LogP contribution in [-0.2, 0) is 9.53 Å². The molecule has 0 bridgehead atoms. The molecule has 3 aromatic rings. The van der Waals surface area contributed by atoms with E-state index in [0.29, 0.717) is 24.3 Å². The van der Waals surface area contributed by atoms with Gasteiger partial charge in [0.25, 0.3) is 5.91 Å². The van der Waals surface area contributed by atoms with E-state index >= 15 is 0 Å². The summed E-state index contributed by atoms with van der Waals surface area (Å²) in [5, 5.41) is 3.25. The molecule has 1 fully saturated rings. The Kier molecular flexibility index (Phi) is 7.51. The largest absolute Gasteiger partial charge is 0.482 e. The van der Waals surface area contributed by atoms with E-state index in [1.807, 2.05) is 25.1 Å². The number of rotatable bonds is 8. The molecule has 8 heteroatoms. The Labute approximate surface area is 203 Å². The minimum Gasteiger partial charge on any atom is -0.482 e. The molecule has 1 saturated heterocycles. The Morgan fingerprint density at radius 3 is 2.71 bits per heavy atom. The van der Waals surface area contributed by atoms with Gasteiger partial charge in [0, 0.05) is 24.6 Å². The molecule has 8 nitrogen and oxygen atoms in total. The zero-order valence-corrected chi connectivity index (χ0v) is 20.1. The molecule has 0 radical (unpaired) electrons. The van der Waals surface area contributed by atoms with Gasteiger partial charge in [-0.2, -0.15) is 0 Å². The van der Waals surface area contributed by atoms with Gasteiger partial charge < -0.3 is 23.9 Å². The second-order valence-corrected chi connectivity index (χ2v) is 8.95. The van der Waals surface area contributed by atoms with E-state index in [0.717, 1.165) is 24.0 Å². The summed E-state index contributed by atoms with van der Waals surface area (Å²) >= 11 is 0. The van der Waals surface area contributed by atoms with Crippen LogP contribution in [0.25, 0.3) is 11.0 Å². The fourth-order valence-corrected chi connectivity index (χ4v) is 3.96. The highest BCUT2D eigenvalue weighted by atomic mass is 16.6. The fraction of sp³-hybridized carbons (Fsp3) is 0.370. The van der Waals surface area contributed by atoms with Crippen LogP contribution in [0, 0.1) is 6.92 Å². The van der Waals surface area contributed by atoms with Crippen LogP contribution in [0.4, 0.5) is 0 Å². The maximum absolute atomic E-state index is 12.4. The maximum atomic E-state index is 12.4. The van der Waals surface area contributed by atoms with Crippen molar-refractivity contribution >= 4 is 22.8 Å². The highest BCUT2D eigenvalue weighted by Crippen LogP contribution is 2.27. The summed E-state index contributed by atoms with van der Waals surface area (Å²) in [4.78, 5) is 37.2. The van der Waals surface area contributed by atoms with Crippen LogP contribution in [0.1, 0.15) is 54.1 Å². The molecule has 1 atom stereocenters. The van der Waals surface area contributed by atoms with E-state index in [9.17, 15) is 14.4 Å². The van der Waals surface area contributed by atoms with Crippen molar-refractivity contribution in [3.63, 3.8) is 0 Å². The van der Waals surface area contributed by atoms with Crippen LogP contribution in [0.3, 0.4) is 0 Å².